The third kappa shape index (κ3) is 5.85. The molecule has 0 bridgehead atoms. The van der Waals surface area contributed by atoms with E-state index in [0.29, 0.717) is 0 Å². The first-order valence-electron chi connectivity index (χ1n) is 2.20. The molecule has 3 N–H and O–H groups in total. The van der Waals surface area contributed by atoms with Gasteiger partial charge in [0.25, 0.3) is 0 Å². The lowest BCUT2D eigenvalue weighted by molar-refractivity contribution is 0.712. The molecule has 0 aromatic heterocycles. The van der Waals surface area contributed by atoms with E-state index in [-0.39, 0.29) is 6.04 Å². The highest BCUT2D eigenvalue weighted by Gasteiger charge is 1.85. The minimum Gasteiger partial charge on any atom is -0.381 e. The minimum absolute atomic E-state index is 0.194. The lowest BCUT2D eigenvalue weighted by Crippen LogP contribution is -2.29. The van der Waals surface area contributed by atoms with Crippen LogP contribution in [0.15, 0.2) is 0 Å². The Morgan fingerprint density at radius 1 is 2.00 bits per heavy atom. The summed E-state index contributed by atoms with van der Waals surface area (Å²) in [5.74, 6) is 0. The fourth-order valence-electron chi connectivity index (χ4n) is 0.234. The molecular formula is C4H10N2S. The van der Waals surface area contributed by atoms with Gasteiger partial charge in [-0.15, -0.1) is 0 Å². The second-order valence-corrected chi connectivity index (χ2v) is 1.74. The standard InChI is InChI=1S/C4H10N2S/c1-4(5)2-6-3-7/h3-4H,2,5H2,1H3,(H,6,7). The highest BCUT2D eigenvalue weighted by Crippen LogP contribution is 1.65. The molecule has 0 aromatic carbocycles. The Hall–Kier alpha value is -0.150. The molecule has 42 valence electrons. The molecule has 7 heavy (non-hydrogen) atoms. The van der Waals surface area contributed by atoms with Crippen LogP contribution >= 0.6 is 12.2 Å². The van der Waals surface area contributed by atoms with E-state index in [0.717, 1.165) is 6.54 Å². The van der Waals surface area contributed by atoms with Crippen molar-refractivity contribution in [2.75, 3.05) is 6.54 Å². The number of nitrogens with two attached hydrogens (primary N) is 1. The summed E-state index contributed by atoms with van der Waals surface area (Å²) in [6.45, 7) is 2.69. The molecule has 0 radical (unpaired) electrons. The maximum Gasteiger partial charge on any atom is 0.0615 e. The first-order valence-corrected chi connectivity index (χ1v) is 2.67. The molecule has 0 saturated heterocycles. The van der Waals surface area contributed by atoms with E-state index in [1.807, 2.05) is 6.92 Å². The Balaban J connectivity index is 2.81. The zero-order valence-corrected chi connectivity index (χ0v) is 5.16. The van der Waals surface area contributed by atoms with E-state index in [1.54, 1.807) is 0 Å². The predicted octanol–water partition coefficient (Wildman–Crippen LogP) is -0.120. The van der Waals surface area contributed by atoms with Gasteiger partial charge >= 0.3 is 0 Å². The van der Waals surface area contributed by atoms with Gasteiger partial charge < -0.3 is 11.1 Å². The third-order valence-corrected chi connectivity index (χ3v) is 0.690. The summed E-state index contributed by atoms with van der Waals surface area (Å²) in [6.07, 6.45) is 0. The molecule has 0 aromatic rings. The number of rotatable bonds is 3. The smallest absolute Gasteiger partial charge is 0.0615 e. The molecule has 1 unspecified atom stereocenters. The maximum absolute atomic E-state index is 5.35. The summed E-state index contributed by atoms with van der Waals surface area (Å²) in [5.41, 5.74) is 6.83. The van der Waals surface area contributed by atoms with Crippen LogP contribution in [0.3, 0.4) is 0 Å². The van der Waals surface area contributed by atoms with Crippen molar-refractivity contribution in [2.24, 2.45) is 5.73 Å². The lowest BCUT2D eigenvalue weighted by Gasteiger charge is -2.00. The number of hydrogen-bond donors (Lipinski definition) is 2. The van der Waals surface area contributed by atoms with E-state index in [1.165, 1.54) is 5.49 Å². The Bertz CT molecular complexity index is 53.7. The molecule has 2 nitrogen and oxygen atoms in total. The quantitative estimate of drug-likeness (QED) is 0.507. The van der Waals surface area contributed by atoms with Gasteiger partial charge in [-0.1, -0.05) is 12.2 Å². The van der Waals surface area contributed by atoms with Crippen LogP contribution in [0.4, 0.5) is 0 Å². The maximum atomic E-state index is 5.35. The van der Waals surface area contributed by atoms with Crippen molar-refractivity contribution in [3.8, 4) is 0 Å². The molecule has 1 atom stereocenters. The summed E-state index contributed by atoms with van der Waals surface area (Å²) in [6, 6.07) is 0.194. The van der Waals surface area contributed by atoms with Gasteiger partial charge in [0, 0.05) is 12.6 Å². The summed E-state index contributed by atoms with van der Waals surface area (Å²) in [7, 11) is 0. The van der Waals surface area contributed by atoms with Crippen molar-refractivity contribution < 1.29 is 0 Å². The molecule has 0 saturated carbocycles. The molecule has 0 spiro atoms. The van der Waals surface area contributed by atoms with Gasteiger partial charge in [0.15, 0.2) is 0 Å². The third-order valence-electron chi connectivity index (χ3n) is 0.523. The Morgan fingerprint density at radius 2 is 2.57 bits per heavy atom. The van der Waals surface area contributed by atoms with Crippen LogP contribution in [0, 0.1) is 0 Å². The monoisotopic (exact) mass is 118 g/mol. The highest BCUT2D eigenvalue weighted by atomic mass is 32.1. The first kappa shape index (κ1) is 6.85. The fourth-order valence-corrected chi connectivity index (χ4v) is 0.330. The largest absolute Gasteiger partial charge is 0.381 e. The average Bonchev–Trinajstić information content (AvgIpc) is 1.61. The predicted molar refractivity (Wildman–Crippen MR) is 35.3 cm³/mol. The van der Waals surface area contributed by atoms with Crippen molar-refractivity contribution >= 4 is 17.7 Å². The first-order chi connectivity index (χ1) is 3.27. The average molecular weight is 118 g/mol. The number of hydrogen-bond acceptors (Lipinski definition) is 2. The highest BCUT2D eigenvalue weighted by molar-refractivity contribution is 7.78. The van der Waals surface area contributed by atoms with Gasteiger partial charge in [0.1, 0.15) is 0 Å². The van der Waals surface area contributed by atoms with E-state index in [4.69, 9.17) is 5.73 Å². The molecular weight excluding hydrogens is 108 g/mol. The molecule has 0 rings (SSSR count). The Morgan fingerprint density at radius 3 is 2.71 bits per heavy atom. The summed E-state index contributed by atoms with van der Waals surface area (Å²) >= 11 is 4.48. The second-order valence-electron chi connectivity index (χ2n) is 1.50. The van der Waals surface area contributed by atoms with E-state index in [2.05, 4.69) is 17.5 Å². The molecule has 0 heterocycles. The lowest BCUT2D eigenvalue weighted by atomic mass is 10.4. The zero-order chi connectivity index (χ0) is 5.70. The van der Waals surface area contributed by atoms with Gasteiger partial charge in [-0.2, -0.15) is 0 Å². The van der Waals surface area contributed by atoms with Crippen LogP contribution in [0.5, 0.6) is 0 Å². The van der Waals surface area contributed by atoms with E-state index >= 15 is 0 Å². The van der Waals surface area contributed by atoms with Crippen LogP contribution in [0.2, 0.25) is 0 Å². The normalized spacial score (nSPS) is 12.9. The Kier molecular flexibility index (Phi) is 3.93. The van der Waals surface area contributed by atoms with Gasteiger partial charge in [-0.25, -0.2) is 0 Å². The van der Waals surface area contributed by atoms with Gasteiger partial charge in [0.2, 0.25) is 0 Å². The topological polar surface area (TPSA) is 38.0 Å². The number of nitrogens with one attached hydrogen (secondary N) is 1. The SMILES string of the molecule is CC(N)CNC=S. The summed E-state index contributed by atoms with van der Waals surface area (Å²) < 4.78 is 0. The van der Waals surface area contributed by atoms with Crippen molar-refractivity contribution in [3.63, 3.8) is 0 Å². The molecule has 0 aliphatic rings. The fraction of sp³-hybridized carbons (Fsp3) is 0.750. The summed E-state index contributed by atoms with van der Waals surface area (Å²) in [4.78, 5) is 0. The molecule has 0 fully saturated rings. The van der Waals surface area contributed by atoms with Gasteiger partial charge in [-0.05, 0) is 6.92 Å². The molecule has 0 aliphatic carbocycles. The van der Waals surface area contributed by atoms with Crippen LogP contribution in [0.25, 0.3) is 0 Å². The van der Waals surface area contributed by atoms with Crippen LogP contribution in [-0.2, 0) is 0 Å². The van der Waals surface area contributed by atoms with E-state index in [9.17, 15) is 0 Å². The summed E-state index contributed by atoms with van der Waals surface area (Å²) in [5, 5.41) is 2.81. The second kappa shape index (κ2) is 4.02. The minimum atomic E-state index is 0.194. The van der Waals surface area contributed by atoms with Crippen molar-refractivity contribution in [3.05, 3.63) is 0 Å². The van der Waals surface area contributed by atoms with E-state index < -0.39 is 0 Å². The van der Waals surface area contributed by atoms with Crippen LogP contribution in [0.1, 0.15) is 6.92 Å². The van der Waals surface area contributed by atoms with Crippen LogP contribution in [-0.4, -0.2) is 18.1 Å². The molecule has 0 aliphatic heterocycles. The Labute approximate surface area is 49.1 Å². The van der Waals surface area contributed by atoms with Gasteiger partial charge in [-0.3, -0.25) is 0 Å². The molecule has 0 amide bonds. The van der Waals surface area contributed by atoms with Crippen LogP contribution < -0.4 is 11.1 Å². The van der Waals surface area contributed by atoms with Gasteiger partial charge in [0.05, 0.1) is 5.49 Å². The van der Waals surface area contributed by atoms with Crippen molar-refractivity contribution in [1.29, 1.82) is 0 Å². The number of thiocarbonyl (C=S) groups is 1. The molecule has 3 heteroatoms. The zero-order valence-electron chi connectivity index (χ0n) is 4.35. The van der Waals surface area contributed by atoms with Crippen molar-refractivity contribution in [1.82, 2.24) is 5.32 Å². The van der Waals surface area contributed by atoms with Crippen molar-refractivity contribution in [2.45, 2.75) is 13.0 Å².